The summed E-state index contributed by atoms with van der Waals surface area (Å²) in [6.45, 7) is 4.88. The second-order valence-electron chi connectivity index (χ2n) is 7.38. The monoisotopic (exact) mass is 381 g/mol. The Labute approximate surface area is 165 Å². The molecule has 0 spiro atoms. The summed E-state index contributed by atoms with van der Waals surface area (Å²) in [5.41, 5.74) is 2.73. The van der Waals surface area contributed by atoms with Crippen LogP contribution in [0.2, 0.25) is 0 Å². The Bertz CT molecular complexity index is 947. The van der Waals surface area contributed by atoms with E-state index in [1.165, 1.54) is 0 Å². The number of morpholine rings is 1. The van der Waals surface area contributed by atoms with Gasteiger partial charge in [-0.25, -0.2) is 9.97 Å². The fourth-order valence-corrected chi connectivity index (χ4v) is 3.49. The van der Waals surface area contributed by atoms with E-state index in [4.69, 9.17) is 14.7 Å². The van der Waals surface area contributed by atoms with Crippen molar-refractivity contribution in [1.82, 2.24) is 19.4 Å². The number of hydrogen-bond donors (Lipinski definition) is 1. The van der Waals surface area contributed by atoms with Crippen LogP contribution in [0.4, 0.5) is 5.82 Å². The van der Waals surface area contributed by atoms with Crippen LogP contribution in [0.1, 0.15) is 5.56 Å². The third-order valence-electron chi connectivity index (χ3n) is 5.07. The van der Waals surface area contributed by atoms with E-state index in [1.54, 1.807) is 0 Å². The van der Waals surface area contributed by atoms with Crippen molar-refractivity contribution in [3.05, 3.63) is 42.1 Å². The molecule has 1 aliphatic heterocycles. The molecule has 3 heterocycles. The molecule has 3 aromatic rings. The summed E-state index contributed by atoms with van der Waals surface area (Å²) in [7, 11) is 4.15. The van der Waals surface area contributed by atoms with E-state index in [0.717, 1.165) is 54.2 Å². The summed E-state index contributed by atoms with van der Waals surface area (Å²) in [5.74, 6) is 1.65. The van der Waals surface area contributed by atoms with Gasteiger partial charge in [-0.15, -0.1) is 0 Å². The molecule has 0 aliphatic carbocycles. The van der Waals surface area contributed by atoms with E-state index in [0.29, 0.717) is 19.0 Å². The third kappa shape index (κ3) is 3.87. The molecule has 28 heavy (non-hydrogen) atoms. The molecule has 0 saturated carbocycles. The van der Waals surface area contributed by atoms with Gasteiger partial charge in [0.1, 0.15) is 11.5 Å². The number of benzene rings is 1. The highest BCUT2D eigenvalue weighted by Crippen LogP contribution is 2.29. The van der Waals surface area contributed by atoms with Crippen LogP contribution in [0, 0.1) is 0 Å². The number of fused-ring (bicyclic) bond motifs is 1. The van der Waals surface area contributed by atoms with Gasteiger partial charge in [0, 0.05) is 37.9 Å². The topological polar surface area (TPSA) is 66.7 Å². The number of aromatic nitrogens is 3. The minimum atomic E-state index is 0.00557. The number of aliphatic hydroxyl groups is 1. The lowest BCUT2D eigenvalue weighted by molar-refractivity contribution is 0.122. The van der Waals surface area contributed by atoms with Gasteiger partial charge in [-0.05, 0) is 31.8 Å². The first kappa shape index (κ1) is 18.9. The normalized spacial score (nSPS) is 14.9. The molecule has 4 rings (SSSR count). The Kier molecular flexibility index (Phi) is 5.57. The van der Waals surface area contributed by atoms with Gasteiger partial charge in [-0.1, -0.05) is 18.2 Å². The molecule has 0 amide bonds. The van der Waals surface area contributed by atoms with E-state index in [-0.39, 0.29) is 6.61 Å². The van der Waals surface area contributed by atoms with Gasteiger partial charge in [0.05, 0.1) is 25.2 Å². The Morgan fingerprint density at radius 1 is 1.14 bits per heavy atom. The molecule has 1 fully saturated rings. The molecule has 1 aliphatic rings. The molecule has 1 aromatic carbocycles. The number of nitrogens with zero attached hydrogens (tertiary/aromatic N) is 5. The van der Waals surface area contributed by atoms with Gasteiger partial charge in [-0.2, -0.15) is 0 Å². The Balaban J connectivity index is 1.83. The zero-order valence-electron chi connectivity index (χ0n) is 16.5. The molecule has 148 valence electrons. The maximum absolute atomic E-state index is 9.50. The first-order valence-electron chi connectivity index (χ1n) is 9.70. The van der Waals surface area contributed by atoms with Crippen LogP contribution in [0.15, 0.2) is 36.5 Å². The lowest BCUT2D eigenvalue weighted by atomic mass is 10.1. The second-order valence-corrected chi connectivity index (χ2v) is 7.38. The van der Waals surface area contributed by atoms with Crippen LogP contribution in [0.25, 0.3) is 22.4 Å². The van der Waals surface area contributed by atoms with Crippen LogP contribution in [-0.4, -0.2) is 71.5 Å². The van der Waals surface area contributed by atoms with Crippen molar-refractivity contribution < 1.29 is 9.84 Å². The Hall–Kier alpha value is -2.48. The van der Waals surface area contributed by atoms with Gasteiger partial charge >= 0.3 is 0 Å². The fraction of sp³-hybridized carbons (Fsp3) is 0.429. The van der Waals surface area contributed by atoms with E-state index < -0.39 is 0 Å². The van der Waals surface area contributed by atoms with Gasteiger partial charge in [0.15, 0.2) is 5.82 Å². The van der Waals surface area contributed by atoms with Crippen molar-refractivity contribution in [3.63, 3.8) is 0 Å². The lowest BCUT2D eigenvalue weighted by Crippen LogP contribution is -2.37. The van der Waals surface area contributed by atoms with E-state index in [1.807, 2.05) is 24.3 Å². The second kappa shape index (κ2) is 8.26. The van der Waals surface area contributed by atoms with E-state index in [9.17, 15) is 5.11 Å². The van der Waals surface area contributed by atoms with E-state index in [2.05, 4.69) is 40.7 Å². The first-order valence-corrected chi connectivity index (χ1v) is 9.70. The van der Waals surface area contributed by atoms with Crippen LogP contribution in [-0.2, 0) is 17.9 Å². The molecule has 0 unspecified atom stereocenters. The highest BCUT2D eigenvalue weighted by atomic mass is 16.5. The molecule has 7 heteroatoms. The minimum absolute atomic E-state index is 0.00557. The van der Waals surface area contributed by atoms with Crippen molar-refractivity contribution in [3.8, 4) is 11.4 Å². The van der Waals surface area contributed by atoms with Crippen LogP contribution >= 0.6 is 0 Å². The number of rotatable bonds is 6. The summed E-state index contributed by atoms with van der Waals surface area (Å²) < 4.78 is 7.72. The highest BCUT2D eigenvalue weighted by Gasteiger charge is 2.20. The summed E-state index contributed by atoms with van der Waals surface area (Å²) in [6.07, 6.45) is 2.10. The predicted octanol–water partition coefficient (Wildman–Crippen LogP) is 1.99. The predicted molar refractivity (Wildman–Crippen MR) is 110 cm³/mol. The SMILES string of the molecule is CN(C)CCn1ccc2c(N3CCOCC3)nc(-c3cccc(CO)c3)nc21. The molecule has 0 radical (unpaired) electrons. The lowest BCUT2D eigenvalue weighted by Gasteiger charge is -2.28. The first-order chi connectivity index (χ1) is 13.7. The molecule has 0 atom stereocenters. The summed E-state index contributed by atoms with van der Waals surface area (Å²) in [5, 5.41) is 10.6. The molecule has 7 nitrogen and oxygen atoms in total. The summed E-state index contributed by atoms with van der Waals surface area (Å²) >= 11 is 0. The van der Waals surface area contributed by atoms with Crippen LogP contribution < -0.4 is 4.90 Å². The zero-order chi connectivity index (χ0) is 19.5. The van der Waals surface area contributed by atoms with Gasteiger partial charge in [0.2, 0.25) is 0 Å². The molecule has 1 N–H and O–H groups in total. The van der Waals surface area contributed by atoms with Gasteiger partial charge in [0.25, 0.3) is 0 Å². The average Bonchev–Trinajstić information content (AvgIpc) is 3.15. The standard InChI is InChI=1S/C21H27N5O2/c1-24(2)8-9-25-7-6-18-20(25)22-19(17-5-3-4-16(14-17)15-27)23-21(18)26-10-12-28-13-11-26/h3-7,14,27H,8-13,15H2,1-2H3. The number of hydrogen-bond acceptors (Lipinski definition) is 6. The smallest absolute Gasteiger partial charge is 0.163 e. The quantitative estimate of drug-likeness (QED) is 0.704. The minimum Gasteiger partial charge on any atom is -0.392 e. The maximum Gasteiger partial charge on any atom is 0.163 e. The fourth-order valence-electron chi connectivity index (χ4n) is 3.49. The van der Waals surface area contributed by atoms with Crippen molar-refractivity contribution in [2.75, 3.05) is 51.8 Å². The largest absolute Gasteiger partial charge is 0.392 e. The Morgan fingerprint density at radius 3 is 2.71 bits per heavy atom. The van der Waals surface area contributed by atoms with Crippen molar-refractivity contribution in [2.45, 2.75) is 13.2 Å². The number of likely N-dealkylation sites (N-methyl/N-ethyl adjacent to an activating group) is 1. The molecular weight excluding hydrogens is 354 g/mol. The zero-order valence-corrected chi connectivity index (χ0v) is 16.5. The number of ether oxygens (including phenoxy) is 1. The van der Waals surface area contributed by atoms with Crippen LogP contribution in [0.3, 0.4) is 0 Å². The van der Waals surface area contributed by atoms with Crippen molar-refractivity contribution in [2.24, 2.45) is 0 Å². The molecule has 0 bridgehead atoms. The van der Waals surface area contributed by atoms with E-state index >= 15 is 0 Å². The summed E-state index contributed by atoms with van der Waals surface area (Å²) in [4.78, 5) is 14.3. The highest BCUT2D eigenvalue weighted by molar-refractivity contribution is 5.90. The van der Waals surface area contributed by atoms with Crippen LogP contribution in [0.5, 0.6) is 0 Å². The molecule has 2 aromatic heterocycles. The van der Waals surface area contributed by atoms with Crippen molar-refractivity contribution >= 4 is 16.9 Å². The molecular formula is C21H27N5O2. The third-order valence-corrected chi connectivity index (χ3v) is 5.07. The van der Waals surface area contributed by atoms with Gasteiger partial charge in [-0.3, -0.25) is 0 Å². The molecule has 1 saturated heterocycles. The van der Waals surface area contributed by atoms with Crippen molar-refractivity contribution in [1.29, 1.82) is 0 Å². The number of aliphatic hydroxyl groups excluding tert-OH is 1. The summed E-state index contributed by atoms with van der Waals surface area (Å²) in [6, 6.07) is 9.91. The maximum atomic E-state index is 9.50. The number of anilines is 1. The Morgan fingerprint density at radius 2 is 1.96 bits per heavy atom. The average molecular weight is 381 g/mol. The van der Waals surface area contributed by atoms with Gasteiger partial charge < -0.3 is 24.2 Å².